The van der Waals surface area contributed by atoms with Crippen molar-refractivity contribution >= 4 is 21.4 Å². The molecule has 1 atom stereocenters. The molecule has 2 bridgehead atoms. The number of nitrogens with zero attached hydrogens (tertiary/aromatic N) is 1. The molecule has 0 saturated carbocycles. The second-order valence-corrected chi connectivity index (χ2v) is 8.15. The van der Waals surface area contributed by atoms with E-state index in [0.29, 0.717) is 15.7 Å². The van der Waals surface area contributed by atoms with Crippen molar-refractivity contribution in [3.05, 3.63) is 17.0 Å². The van der Waals surface area contributed by atoms with E-state index in [9.17, 15) is 8.42 Å². The SMILES string of the molecule is O=S(=O)(NC1CN2CCC1CC2)c1cc(CO)cs1. The van der Waals surface area contributed by atoms with Crippen LogP contribution < -0.4 is 4.72 Å². The van der Waals surface area contributed by atoms with Gasteiger partial charge in [0.2, 0.25) is 10.0 Å². The average Bonchev–Trinajstić information content (AvgIpc) is 2.89. The van der Waals surface area contributed by atoms with Crippen LogP contribution in [0.25, 0.3) is 0 Å². The number of rotatable bonds is 4. The lowest BCUT2D eigenvalue weighted by Gasteiger charge is -2.44. The molecule has 3 aliphatic heterocycles. The first-order chi connectivity index (χ1) is 9.08. The van der Waals surface area contributed by atoms with Gasteiger partial charge in [-0.25, -0.2) is 13.1 Å². The molecule has 2 N–H and O–H groups in total. The van der Waals surface area contributed by atoms with Crippen LogP contribution >= 0.6 is 11.3 Å². The number of piperidine rings is 3. The molecule has 106 valence electrons. The predicted molar refractivity (Wildman–Crippen MR) is 73.5 cm³/mol. The Morgan fingerprint density at radius 1 is 1.42 bits per heavy atom. The highest BCUT2D eigenvalue weighted by atomic mass is 32.2. The normalized spacial score (nSPS) is 30.7. The number of aliphatic hydroxyl groups excluding tert-OH is 1. The van der Waals surface area contributed by atoms with E-state index in [1.54, 1.807) is 11.4 Å². The van der Waals surface area contributed by atoms with Crippen molar-refractivity contribution in [3.8, 4) is 0 Å². The Morgan fingerprint density at radius 2 is 2.16 bits per heavy atom. The fourth-order valence-corrected chi connectivity index (χ4v) is 5.45. The molecule has 0 aromatic carbocycles. The minimum absolute atomic E-state index is 0.0344. The van der Waals surface area contributed by atoms with Crippen molar-refractivity contribution in [2.24, 2.45) is 5.92 Å². The minimum Gasteiger partial charge on any atom is -0.392 e. The van der Waals surface area contributed by atoms with Gasteiger partial charge in [0.1, 0.15) is 4.21 Å². The summed E-state index contributed by atoms with van der Waals surface area (Å²) in [5.41, 5.74) is 0.652. The highest BCUT2D eigenvalue weighted by Crippen LogP contribution is 2.29. The quantitative estimate of drug-likeness (QED) is 0.855. The molecule has 1 aromatic rings. The topological polar surface area (TPSA) is 69.6 Å². The van der Waals surface area contributed by atoms with Gasteiger partial charge >= 0.3 is 0 Å². The van der Waals surface area contributed by atoms with E-state index in [2.05, 4.69) is 9.62 Å². The molecule has 4 rings (SSSR count). The van der Waals surface area contributed by atoms with Crippen LogP contribution in [0.15, 0.2) is 15.7 Å². The van der Waals surface area contributed by atoms with E-state index in [1.165, 1.54) is 11.3 Å². The Labute approximate surface area is 117 Å². The Morgan fingerprint density at radius 3 is 2.68 bits per heavy atom. The molecular formula is C12H18N2O3S2. The number of hydrogen-bond acceptors (Lipinski definition) is 5. The van der Waals surface area contributed by atoms with Gasteiger partial charge in [-0.2, -0.15) is 0 Å². The third-order valence-corrected chi connectivity index (χ3v) is 7.02. The molecule has 3 fully saturated rings. The second kappa shape index (κ2) is 5.14. The zero-order valence-corrected chi connectivity index (χ0v) is 12.2. The van der Waals surface area contributed by atoms with Crippen LogP contribution in [0.4, 0.5) is 0 Å². The Kier molecular flexibility index (Phi) is 3.65. The van der Waals surface area contributed by atoms with Gasteiger partial charge in [-0.05, 0) is 48.9 Å². The first-order valence-electron chi connectivity index (χ1n) is 6.51. The van der Waals surface area contributed by atoms with Gasteiger partial charge in [0.15, 0.2) is 0 Å². The molecule has 0 aliphatic carbocycles. The standard InChI is InChI=1S/C12H18N2O3S2/c15-7-9-5-12(18-8-9)19(16,17)13-11-6-14-3-1-10(11)2-4-14/h5,8,10-11,13,15H,1-4,6-7H2. The largest absolute Gasteiger partial charge is 0.392 e. The first-order valence-corrected chi connectivity index (χ1v) is 8.88. The van der Waals surface area contributed by atoms with Gasteiger partial charge in [-0.3, -0.25) is 0 Å². The van der Waals surface area contributed by atoms with Crippen LogP contribution in [-0.2, 0) is 16.6 Å². The maximum atomic E-state index is 12.3. The fraction of sp³-hybridized carbons (Fsp3) is 0.667. The molecule has 19 heavy (non-hydrogen) atoms. The van der Waals surface area contributed by atoms with Crippen LogP contribution in [0, 0.1) is 5.92 Å². The van der Waals surface area contributed by atoms with E-state index in [-0.39, 0.29) is 12.6 Å². The molecule has 7 heteroatoms. The number of aliphatic hydroxyl groups is 1. The molecule has 1 aromatic heterocycles. The minimum atomic E-state index is -3.44. The number of hydrogen-bond donors (Lipinski definition) is 2. The zero-order chi connectivity index (χ0) is 13.5. The number of thiophene rings is 1. The first kappa shape index (κ1) is 13.5. The molecule has 0 amide bonds. The summed E-state index contributed by atoms with van der Waals surface area (Å²) in [7, 11) is -3.44. The van der Waals surface area contributed by atoms with Crippen molar-refractivity contribution in [2.45, 2.75) is 29.7 Å². The number of nitrogens with one attached hydrogen (secondary N) is 1. The highest BCUT2D eigenvalue weighted by Gasteiger charge is 2.36. The van der Waals surface area contributed by atoms with Gasteiger partial charge in [0, 0.05) is 12.6 Å². The van der Waals surface area contributed by atoms with Gasteiger partial charge in [0.05, 0.1) is 6.61 Å². The molecule has 4 heterocycles. The van der Waals surface area contributed by atoms with E-state index < -0.39 is 10.0 Å². The highest BCUT2D eigenvalue weighted by molar-refractivity contribution is 7.91. The lowest BCUT2D eigenvalue weighted by molar-refractivity contribution is 0.0827. The number of fused-ring (bicyclic) bond motifs is 3. The van der Waals surface area contributed by atoms with Crippen molar-refractivity contribution < 1.29 is 13.5 Å². The zero-order valence-electron chi connectivity index (χ0n) is 10.6. The van der Waals surface area contributed by atoms with E-state index >= 15 is 0 Å². The third-order valence-electron chi connectivity index (χ3n) is 4.04. The summed E-state index contributed by atoms with van der Waals surface area (Å²) in [4.78, 5) is 2.32. The summed E-state index contributed by atoms with van der Waals surface area (Å²) >= 11 is 1.17. The maximum Gasteiger partial charge on any atom is 0.250 e. The van der Waals surface area contributed by atoms with Gasteiger partial charge in [-0.15, -0.1) is 11.3 Å². The van der Waals surface area contributed by atoms with Crippen molar-refractivity contribution in [3.63, 3.8) is 0 Å². The van der Waals surface area contributed by atoms with Crippen molar-refractivity contribution in [1.29, 1.82) is 0 Å². The van der Waals surface area contributed by atoms with Crippen LogP contribution in [0.1, 0.15) is 18.4 Å². The Hall–Kier alpha value is -0.470. The summed E-state index contributed by atoms with van der Waals surface area (Å²) in [6.07, 6.45) is 2.17. The summed E-state index contributed by atoms with van der Waals surface area (Å²) in [5.74, 6) is 0.469. The van der Waals surface area contributed by atoms with Crippen LogP contribution in [-0.4, -0.2) is 44.1 Å². The van der Waals surface area contributed by atoms with Gasteiger partial charge < -0.3 is 10.0 Å². The Bertz CT molecular complexity index is 547. The predicted octanol–water partition coefficient (Wildman–Crippen LogP) is 0.613. The van der Waals surface area contributed by atoms with Crippen LogP contribution in [0.2, 0.25) is 0 Å². The molecule has 5 nitrogen and oxygen atoms in total. The van der Waals surface area contributed by atoms with Gasteiger partial charge in [-0.1, -0.05) is 0 Å². The molecule has 3 saturated heterocycles. The smallest absolute Gasteiger partial charge is 0.250 e. The van der Waals surface area contributed by atoms with Crippen molar-refractivity contribution in [2.75, 3.05) is 19.6 Å². The molecule has 3 aliphatic rings. The lowest BCUT2D eigenvalue weighted by atomic mass is 9.85. The monoisotopic (exact) mass is 302 g/mol. The maximum absolute atomic E-state index is 12.3. The fourth-order valence-electron chi connectivity index (χ4n) is 2.93. The van der Waals surface area contributed by atoms with Crippen LogP contribution in [0.3, 0.4) is 0 Å². The van der Waals surface area contributed by atoms with E-state index in [0.717, 1.165) is 32.5 Å². The number of sulfonamides is 1. The Balaban J connectivity index is 1.74. The average molecular weight is 302 g/mol. The lowest BCUT2D eigenvalue weighted by Crippen LogP contribution is -2.57. The second-order valence-electron chi connectivity index (χ2n) is 5.30. The van der Waals surface area contributed by atoms with E-state index in [4.69, 9.17) is 5.11 Å². The summed E-state index contributed by atoms with van der Waals surface area (Å²) in [5, 5.41) is 10.7. The third kappa shape index (κ3) is 2.71. The van der Waals surface area contributed by atoms with Crippen LogP contribution in [0.5, 0.6) is 0 Å². The molecular weight excluding hydrogens is 284 g/mol. The van der Waals surface area contributed by atoms with Crippen molar-refractivity contribution in [1.82, 2.24) is 9.62 Å². The summed E-state index contributed by atoms with van der Waals surface area (Å²) < 4.78 is 27.7. The van der Waals surface area contributed by atoms with E-state index in [1.807, 2.05) is 0 Å². The summed E-state index contributed by atoms with van der Waals surface area (Å²) in [6.45, 7) is 2.89. The molecule has 1 unspecified atom stereocenters. The van der Waals surface area contributed by atoms with Gasteiger partial charge in [0.25, 0.3) is 0 Å². The molecule has 0 radical (unpaired) electrons. The molecule has 0 spiro atoms. The summed E-state index contributed by atoms with van der Waals surface area (Å²) in [6, 6.07) is 1.58.